The van der Waals surface area contributed by atoms with Gasteiger partial charge in [-0.15, -0.1) is 0 Å². The van der Waals surface area contributed by atoms with E-state index in [1.807, 2.05) is 0 Å². The first-order chi connectivity index (χ1) is 5.85. The molecule has 0 bridgehead atoms. The minimum atomic E-state index is 0.0845. The van der Waals surface area contributed by atoms with E-state index in [9.17, 15) is 0 Å². The van der Waals surface area contributed by atoms with Gasteiger partial charge in [0.25, 0.3) is 0 Å². The Morgan fingerprint density at radius 1 is 1.42 bits per heavy atom. The molecule has 0 aromatic heterocycles. The van der Waals surface area contributed by atoms with E-state index in [1.54, 1.807) is 0 Å². The second-order valence-electron chi connectivity index (χ2n) is 3.77. The highest BCUT2D eigenvalue weighted by Crippen LogP contribution is 2.39. The van der Waals surface area contributed by atoms with Gasteiger partial charge >= 0.3 is 0 Å². The van der Waals surface area contributed by atoms with Crippen LogP contribution in [0.4, 0.5) is 0 Å². The molecule has 3 nitrogen and oxygen atoms in total. The van der Waals surface area contributed by atoms with Crippen LogP contribution in [0.5, 0.6) is 0 Å². The molecule has 1 aliphatic heterocycles. The van der Waals surface area contributed by atoms with Crippen molar-refractivity contribution in [3.8, 4) is 0 Å². The molecule has 0 aromatic rings. The molecule has 0 atom stereocenters. The number of hydrogen-bond acceptors (Lipinski definition) is 3. The monoisotopic (exact) mass is 167 g/mol. The van der Waals surface area contributed by atoms with Crippen LogP contribution in [0.15, 0.2) is 5.11 Å². The molecule has 1 saturated heterocycles. The molecular weight excluding hydrogens is 152 g/mol. The molecule has 0 aromatic carbocycles. The quantitative estimate of drug-likeness (QED) is 0.598. The zero-order valence-corrected chi connectivity index (χ0v) is 7.25. The summed E-state index contributed by atoms with van der Waals surface area (Å²) in [7, 11) is 0. The Labute approximate surface area is 73.0 Å². The lowest BCUT2D eigenvalue weighted by atomic mass is 9.81. The van der Waals surface area contributed by atoms with Crippen LogP contribution in [0.2, 0.25) is 0 Å². The first kappa shape index (κ1) is 8.17. The highest BCUT2D eigenvalue weighted by Gasteiger charge is 2.38. The van der Waals surface area contributed by atoms with Crippen molar-refractivity contribution in [2.45, 2.75) is 43.7 Å². The van der Waals surface area contributed by atoms with E-state index in [4.69, 9.17) is 10.3 Å². The van der Waals surface area contributed by atoms with Crippen molar-refractivity contribution in [1.82, 2.24) is 0 Å². The minimum absolute atomic E-state index is 0.0845. The summed E-state index contributed by atoms with van der Waals surface area (Å²) in [4.78, 5) is 0. The van der Waals surface area contributed by atoms with Gasteiger partial charge in [0.05, 0.1) is 11.6 Å². The molecule has 1 spiro atoms. The number of hydrogen-bond donors (Lipinski definition) is 1. The summed E-state index contributed by atoms with van der Waals surface area (Å²) in [5.41, 5.74) is 7.01. The van der Waals surface area contributed by atoms with Crippen LogP contribution in [0.1, 0.15) is 32.1 Å². The molecule has 1 heterocycles. The van der Waals surface area contributed by atoms with Crippen LogP contribution in [0.25, 0.3) is 0 Å². The van der Waals surface area contributed by atoms with Crippen molar-refractivity contribution in [3.05, 3.63) is 6.42 Å². The maximum absolute atomic E-state index is 6.93. The van der Waals surface area contributed by atoms with E-state index >= 15 is 0 Å². The van der Waals surface area contributed by atoms with Gasteiger partial charge in [0, 0.05) is 6.61 Å². The highest BCUT2D eigenvalue weighted by atomic mass is 16.5. The fourth-order valence-corrected chi connectivity index (χ4v) is 2.21. The maximum atomic E-state index is 6.93. The first-order valence-corrected chi connectivity index (χ1v) is 4.70. The van der Waals surface area contributed by atoms with Crippen molar-refractivity contribution >= 4 is 0 Å². The lowest BCUT2D eigenvalue weighted by Crippen LogP contribution is -2.34. The average Bonchev–Trinajstić information content (AvgIpc) is 2.55. The SMILES string of the molecule is N=NC1CCC2([CH]CCO2)CC1. The average molecular weight is 167 g/mol. The predicted molar refractivity (Wildman–Crippen MR) is 45.0 cm³/mol. The lowest BCUT2D eigenvalue weighted by molar-refractivity contribution is -0.00967. The Balaban J connectivity index is 1.92. The van der Waals surface area contributed by atoms with Gasteiger partial charge < -0.3 is 4.74 Å². The standard InChI is InChI=1S/C9H15N2O/c10-11-8-2-5-9(6-3-8)4-1-7-12-9/h4,8,10H,1-3,5-7H2. The Hall–Kier alpha value is -0.440. The molecule has 2 aliphatic rings. The molecule has 12 heavy (non-hydrogen) atoms. The van der Waals surface area contributed by atoms with Gasteiger partial charge in [-0.1, -0.05) is 0 Å². The minimum Gasteiger partial charge on any atom is -0.375 e. The molecule has 2 fully saturated rings. The van der Waals surface area contributed by atoms with Crippen molar-refractivity contribution in [2.24, 2.45) is 5.11 Å². The van der Waals surface area contributed by atoms with Gasteiger partial charge in [0.2, 0.25) is 0 Å². The van der Waals surface area contributed by atoms with Crippen molar-refractivity contribution < 1.29 is 4.74 Å². The Kier molecular flexibility index (Phi) is 2.13. The zero-order chi connectivity index (χ0) is 8.44. The number of nitrogens with zero attached hydrogens (tertiary/aromatic N) is 1. The second kappa shape index (κ2) is 3.13. The van der Waals surface area contributed by atoms with Crippen molar-refractivity contribution in [3.63, 3.8) is 0 Å². The first-order valence-electron chi connectivity index (χ1n) is 4.70. The third kappa shape index (κ3) is 1.38. The van der Waals surface area contributed by atoms with Gasteiger partial charge in [-0.05, 0) is 38.5 Å². The molecule has 67 valence electrons. The summed E-state index contributed by atoms with van der Waals surface area (Å²) in [6.07, 6.45) is 7.61. The molecule has 0 unspecified atom stereocenters. The highest BCUT2D eigenvalue weighted by molar-refractivity contribution is 5.02. The van der Waals surface area contributed by atoms with E-state index < -0.39 is 0 Å². The Morgan fingerprint density at radius 2 is 2.17 bits per heavy atom. The molecule has 1 saturated carbocycles. The fourth-order valence-electron chi connectivity index (χ4n) is 2.21. The van der Waals surface area contributed by atoms with E-state index in [0.717, 1.165) is 38.7 Å². The van der Waals surface area contributed by atoms with E-state index in [0.29, 0.717) is 0 Å². The van der Waals surface area contributed by atoms with E-state index in [-0.39, 0.29) is 11.6 Å². The number of rotatable bonds is 1. The summed E-state index contributed by atoms with van der Waals surface area (Å²) < 4.78 is 5.72. The van der Waals surface area contributed by atoms with Gasteiger partial charge in [-0.2, -0.15) is 5.11 Å². The number of ether oxygens (including phenoxy) is 1. The van der Waals surface area contributed by atoms with Crippen LogP contribution in [0.3, 0.4) is 0 Å². The van der Waals surface area contributed by atoms with Crippen LogP contribution in [-0.4, -0.2) is 18.2 Å². The molecule has 1 radical (unpaired) electrons. The number of nitrogens with one attached hydrogen (secondary N) is 1. The molecule has 1 N–H and O–H groups in total. The van der Waals surface area contributed by atoms with Crippen molar-refractivity contribution in [1.29, 1.82) is 5.53 Å². The summed E-state index contributed by atoms with van der Waals surface area (Å²) >= 11 is 0. The normalized spacial score (nSPS) is 41.8. The van der Waals surface area contributed by atoms with Gasteiger partial charge in [0.1, 0.15) is 0 Å². The smallest absolute Gasteiger partial charge is 0.0716 e. The van der Waals surface area contributed by atoms with Gasteiger partial charge in [-0.25, -0.2) is 5.53 Å². The van der Waals surface area contributed by atoms with Crippen LogP contribution in [0, 0.1) is 12.0 Å². The third-order valence-corrected chi connectivity index (χ3v) is 3.01. The van der Waals surface area contributed by atoms with E-state index in [1.165, 1.54) is 0 Å². The van der Waals surface area contributed by atoms with Crippen LogP contribution < -0.4 is 0 Å². The van der Waals surface area contributed by atoms with Crippen LogP contribution in [-0.2, 0) is 4.74 Å². The molecule has 2 rings (SSSR count). The van der Waals surface area contributed by atoms with Gasteiger partial charge in [0.15, 0.2) is 0 Å². The lowest BCUT2D eigenvalue weighted by Gasteiger charge is -2.34. The maximum Gasteiger partial charge on any atom is 0.0716 e. The van der Waals surface area contributed by atoms with Gasteiger partial charge in [-0.3, -0.25) is 0 Å². The summed E-state index contributed by atoms with van der Waals surface area (Å²) in [5.74, 6) is 0. The van der Waals surface area contributed by atoms with Crippen LogP contribution >= 0.6 is 0 Å². The van der Waals surface area contributed by atoms with E-state index in [2.05, 4.69) is 11.5 Å². The Morgan fingerprint density at radius 3 is 2.67 bits per heavy atom. The Bertz CT molecular complexity index is 165. The molecule has 3 heteroatoms. The fraction of sp³-hybridized carbons (Fsp3) is 0.889. The summed E-state index contributed by atoms with van der Waals surface area (Å²) in [6.45, 7) is 0.892. The molecule has 1 aliphatic carbocycles. The van der Waals surface area contributed by atoms with Crippen molar-refractivity contribution in [2.75, 3.05) is 6.61 Å². The molecular formula is C9H15N2O. The topological polar surface area (TPSA) is 45.4 Å². The summed E-state index contributed by atoms with van der Waals surface area (Å²) in [5, 5.41) is 3.58. The molecule has 0 amide bonds. The summed E-state index contributed by atoms with van der Waals surface area (Å²) in [6, 6.07) is 0.272. The second-order valence-corrected chi connectivity index (χ2v) is 3.77. The third-order valence-electron chi connectivity index (χ3n) is 3.01. The predicted octanol–water partition coefficient (Wildman–Crippen LogP) is 2.32. The zero-order valence-electron chi connectivity index (χ0n) is 7.25. The largest absolute Gasteiger partial charge is 0.375 e.